The highest BCUT2D eigenvalue weighted by Crippen LogP contribution is 2.23. The van der Waals surface area contributed by atoms with Crippen molar-refractivity contribution in [3.8, 4) is 0 Å². The van der Waals surface area contributed by atoms with Crippen molar-refractivity contribution < 1.29 is 0 Å². The van der Waals surface area contributed by atoms with Gasteiger partial charge in [0.1, 0.15) is 0 Å². The number of rotatable bonds is 4. The predicted octanol–water partition coefficient (Wildman–Crippen LogP) is 5.19. The maximum Gasteiger partial charge on any atom is 0.0485 e. The summed E-state index contributed by atoms with van der Waals surface area (Å²) < 4.78 is 1.25. The molecular weight excluding hydrogens is 353 g/mol. The van der Waals surface area contributed by atoms with Gasteiger partial charge in [-0.2, -0.15) is 0 Å². The quantitative estimate of drug-likeness (QED) is 0.588. The van der Waals surface area contributed by atoms with Crippen molar-refractivity contribution in [2.45, 2.75) is 17.9 Å². The normalized spacial score (nSPS) is 12.2. The fourth-order valence-corrected chi connectivity index (χ4v) is 2.76. The fourth-order valence-electron chi connectivity index (χ4n) is 1.80. The first-order valence-corrected chi connectivity index (χ1v) is 8.15. The average Bonchev–Trinajstić information content (AvgIpc) is 2.39. The third kappa shape index (κ3) is 3.65. The van der Waals surface area contributed by atoms with Crippen LogP contribution < -0.4 is 5.32 Å². The molecule has 1 nitrogen and oxygen atoms in total. The number of nitrogens with one attached hydrogen (secondary N) is 1. The zero-order valence-corrected chi connectivity index (χ0v) is 13.5. The molecule has 0 heterocycles. The van der Waals surface area contributed by atoms with E-state index in [4.69, 9.17) is 0 Å². The molecule has 0 saturated heterocycles. The van der Waals surface area contributed by atoms with Crippen LogP contribution >= 0.6 is 34.4 Å². The van der Waals surface area contributed by atoms with Crippen LogP contribution in [0.25, 0.3) is 0 Å². The maximum absolute atomic E-state index is 3.52. The van der Waals surface area contributed by atoms with Crippen molar-refractivity contribution in [3.63, 3.8) is 0 Å². The SMILES string of the molecule is CSc1ccc(C(C)Nc2cccc(I)c2)cc1. The van der Waals surface area contributed by atoms with Gasteiger partial charge in [0.2, 0.25) is 0 Å². The fraction of sp³-hybridized carbons (Fsp3) is 0.200. The highest BCUT2D eigenvalue weighted by atomic mass is 127. The first kappa shape index (κ1) is 13.7. The molecule has 2 aromatic carbocycles. The highest BCUT2D eigenvalue weighted by Gasteiger charge is 2.05. The molecule has 0 saturated carbocycles. The molecule has 0 aliphatic rings. The van der Waals surface area contributed by atoms with Gasteiger partial charge < -0.3 is 5.32 Å². The Hall–Kier alpha value is -0.680. The van der Waals surface area contributed by atoms with Crippen molar-refractivity contribution in [3.05, 3.63) is 57.7 Å². The van der Waals surface area contributed by atoms with Gasteiger partial charge in [-0.05, 0) is 71.7 Å². The molecule has 0 fully saturated rings. The van der Waals surface area contributed by atoms with Crippen molar-refractivity contribution in [2.75, 3.05) is 11.6 Å². The summed E-state index contributed by atoms with van der Waals surface area (Å²) in [6, 6.07) is 17.5. The predicted molar refractivity (Wildman–Crippen MR) is 89.4 cm³/mol. The third-order valence-corrected chi connectivity index (χ3v) is 4.24. The van der Waals surface area contributed by atoms with E-state index in [0.29, 0.717) is 6.04 Å². The summed E-state index contributed by atoms with van der Waals surface area (Å²) in [4.78, 5) is 1.31. The van der Waals surface area contributed by atoms with Crippen molar-refractivity contribution >= 4 is 40.0 Å². The molecule has 1 unspecified atom stereocenters. The summed E-state index contributed by atoms with van der Waals surface area (Å²) in [5, 5.41) is 3.52. The summed E-state index contributed by atoms with van der Waals surface area (Å²) in [5.74, 6) is 0. The van der Waals surface area contributed by atoms with Gasteiger partial charge >= 0.3 is 0 Å². The molecule has 1 N–H and O–H groups in total. The van der Waals surface area contributed by atoms with Crippen LogP contribution in [0.1, 0.15) is 18.5 Å². The molecule has 2 rings (SSSR count). The summed E-state index contributed by atoms with van der Waals surface area (Å²) in [6.07, 6.45) is 2.10. The zero-order valence-electron chi connectivity index (χ0n) is 10.5. The van der Waals surface area contributed by atoms with E-state index < -0.39 is 0 Å². The Morgan fingerprint density at radius 1 is 1.11 bits per heavy atom. The number of anilines is 1. The molecule has 0 spiro atoms. The highest BCUT2D eigenvalue weighted by molar-refractivity contribution is 14.1. The molecular formula is C15H16INS. The lowest BCUT2D eigenvalue weighted by molar-refractivity contribution is 0.882. The minimum absolute atomic E-state index is 0.319. The Kier molecular flexibility index (Phi) is 4.95. The summed E-state index contributed by atoms with van der Waals surface area (Å²) >= 11 is 4.11. The van der Waals surface area contributed by atoms with Crippen LogP contribution in [-0.4, -0.2) is 6.26 Å². The van der Waals surface area contributed by atoms with Crippen LogP contribution in [0.5, 0.6) is 0 Å². The number of hydrogen-bond acceptors (Lipinski definition) is 2. The Labute approximate surface area is 127 Å². The number of benzene rings is 2. The van der Waals surface area contributed by atoms with Gasteiger partial charge in [0, 0.05) is 20.2 Å². The Morgan fingerprint density at radius 2 is 1.83 bits per heavy atom. The van der Waals surface area contributed by atoms with E-state index in [1.54, 1.807) is 11.8 Å². The summed E-state index contributed by atoms with van der Waals surface area (Å²) in [7, 11) is 0. The van der Waals surface area contributed by atoms with Crippen molar-refractivity contribution in [1.29, 1.82) is 0 Å². The lowest BCUT2D eigenvalue weighted by Crippen LogP contribution is -2.06. The Bertz CT molecular complexity index is 510. The van der Waals surface area contributed by atoms with Crippen LogP contribution in [0.2, 0.25) is 0 Å². The molecule has 2 aromatic rings. The van der Waals surface area contributed by atoms with Gasteiger partial charge in [0.25, 0.3) is 0 Å². The lowest BCUT2D eigenvalue weighted by atomic mass is 10.1. The molecule has 18 heavy (non-hydrogen) atoms. The topological polar surface area (TPSA) is 12.0 Å². The van der Waals surface area contributed by atoms with Gasteiger partial charge in [0.15, 0.2) is 0 Å². The average molecular weight is 369 g/mol. The molecule has 0 radical (unpaired) electrons. The van der Waals surface area contributed by atoms with E-state index in [9.17, 15) is 0 Å². The summed E-state index contributed by atoms with van der Waals surface area (Å²) in [6.45, 7) is 2.19. The molecule has 0 aliphatic carbocycles. The van der Waals surface area contributed by atoms with Crippen LogP contribution in [0.4, 0.5) is 5.69 Å². The first-order chi connectivity index (χ1) is 8.69. The molecule has 0 amide bonds. The standard InChI is InChI=1S/C15H16INS/c1-11(12-6-8-15(18-2)9-7-12)17-14-5-3-4-13(16)10-14/h3-11,17H,1-2H3. The van der Waals surface area contributed by atoms with Crippen molar-refractivity contribution in [1.82, 2.24) is 0 Å². The van der Waals surface area contributed by atoms with Crippen LogP contribution in [0.15, 0.2) is 53.4 Å². The third-order valence-electron chi connectivity index (χ3n) is 2.82. The van der Waals surface area contributed by atoms with E-state index in [2.05, 4.69) is 89.6 Å². The summed E-state index contributed by atoms with van der Waals surface area (Å²) in [5.41, 5.74) is 2.48. The maximum atomic E-state index is 3.52. The van der Waals surface area contributed by atoms with Gasteiger partial charge in [0.05, 0.1) is 0 Å². The van der Waals surface area contributed by atoms with Gasteiger partial charge in [-0.15, -0.1) is 11.8 Å². The zero-order chi connectivity index (χ0) is 13.0. The van der Waals surface area contributed by atoms with Crippen LogP contribution in [0.3, 0.4) is 0 Å². The number of thioether (sulfide) groups is 1. The van der Waals surface area contributed by atoms with Crippen molar-refractivity contribution in [2.24, 2.45) is 0 Å². The molecule has 0 aliphatic heterocycles. The largest absolute Gasteiger partial charge is 0.378 e. The minimum atomic E-state index is 0.319. The second-order valence-electron chi connectivity index (χ2n) is 4.15. The molecule has 3 heteroatoms. The van der Waals surface area contributed by atoms with Crippen LogP contribution in [-0.2, 0) is 0 Å². The van der Waals surface area contributed by atoms with E-state index >= 15 is 0 Å². The molecule has 0 bridgehead atoms. The van der Waals surface area contributed by atoms with Gasteiger partial charge in [-0.3, -0.25) is 0 Å². The second kappa shape index (κ2) is 6.48. The Morgan fingerprint density at radius 3 is 2.44 bits per heavy atom. The van der Waals surface area contributed by atoms with Gasteiger partial charge in [-0.25, -0.2) is 0 Å². The molecule has 94 valence electrons. The minimum Gasteiger partial charge on any atom is -0.378 e. The van der Waals surface area contributed by atoms with E-state index in [1.165, 1.54) is 19.7 Å². The lowest BCUT2D eigenvalue weighted by Gasteiger charge is -2.16. The monoisotopic (exact) mass is 369 g/mol. The smallest absolute Gasteiger partial charge is 0.0485 e. The Balaban J connectivity index is 2.09. The van der Waals surface area contributed by atoms with Gasteiger partial charge in [-0.1, -0.05) is 18.2 Å². The number of halogens is 1. The van der Waals surface area contributed by atoms with E-state index in [0.717, 1.165) is 0 Å². The molecule has 0 aromatic heterocycles. The second-order valence-corrected chi connectivity index (χ2v) is 6.27. The van der Waals surface area contributed by atoms with E-state index in [-0.39, 0.29) is 0 Å². The van der Waals surface area contributed by atoms with Crippen LogP contribution in [0, 0.1) is 3.57 Å². The molecule has 1 atom stereocenters. The number of hydrogen-bond donors (Lipinski definition) is 1. The first-order valence-electron chi connectivity index (χ1n) is 5.85. The van der Waals surface area contributed by atoms with E-state index in [1.807, 2.05) is 0 Å².